The number of nitrogens with one attached hydrogen (secondary N) is 1. The molecule has 1 aromatic heterocycles. The minimum absolute atomic E-state index is 0.265. The van der Waals surface area contributed by atoms with Crippen LogP contribution in [0.15, 0.2) is 47.1 Å². The molecule has 112 valence electrons. The van der Waals surface area contributed by atoms with E-state index in [4.69, 9.17) is 9.52 Å². The maximum Gasteiger partial charge on any atom is 0.305 e. The fourth-order valence-corrected chi connectivity index (χ4v) is 2.02. The fraction of sp³-hybridized carbons (Fsp3) is 0.267. The van der Waals surface area contributed by atoms with E-state index in [2.05, 4.69) is 5.32 Å². The van der Waals surface area contributed by atoms with Crippen molar-refractivity contribution in [1.82, 2.24) is 5.32 Å². The van der Waals surface area contributed by atoms with E-state index in [1.807, 2.05) is 0 Å². The van der Waals surface area contributed by atoms with Crippen LogP contribution >= 0.6 is 0 Å². The first-order valence-electron chi connectivity index (χ1n) is 6.47. The van der Waals surface area contributed by atoms with Crippen molar-refractivity contribution in [1.29, 1.82) is 0 Å². The molecular weight excluding hydrogens is 277 g/mol. The van der Waals surface area contributed by atoms with Gasteiger partial charge in [0.25, 0.3) is 0 Å². The lowest BCUT2D eigenvalue weighted by Gasteiger charge is -2.22. The molecule has 3 N–H and O–H groups in total. The number of halogens is 1. The summed E-state index contributed by atoms with van der Waals surface area (Å²) in [6, 6.07) is 8.07. The van der Waals surface area contributed by atoms with Gasteiger partial charge in [0, 0.05) is 6.04 Å². The highest BCUT2D eigenvalue weighted by Crippen LogP contribution is 2.20. The molecule has 0 spiro atoms. The standard InChI is InChI=1S/C15H16FNO4/c16-11-5-3-10(4-6-11)15(20)13(8-14(18)19)17-9-12-2-1-7-21-12/h1-7,13,15,17,20H,8-9H2,(H,18,19). The van der Waals surface area contributed by atoms with Gasteiger partial charge in [0.2, 0.25) is 0 Å². The first-order valence-corrected chi connectivity index (χ1v) is 6.47. The average molecular weight is 293 g/mol. The number of hydrogen-bond donors (Lipinski definition) is 3. The number of aliphatic hydroxyl groups excluding tert-OH is 1. The predicted molar refractivity (Wildman–Crippen MR) is 72.9 cm³/mol. The van der Waals surface area contributed by atoms with Crippen molar-refractivity contribution >= 4 is 5.97 Å². The van der Waals surface area contributed by atoms with Crippen LogP contribution in [0.5, 0.6) is 0 Å². The molecule has 0 bridgehead atoms. The molecule has 1 heterocycles. The smallest absolute Gasteiger partial charge is 0.305 e. The van der Waals surface area contributed by atoms with Crippen LogP contribution in [0.25, 0.3) is 0 Å². The van der Waals surface area contributed by atoms with E-state index in [9.17, 15) is 14.3 Å². The summed E-state index contributed by atoms with van der Waals surface area (Å²) in [7, 11) is 0. The summed E-state index contributed by atoms with van der Waals surface area (Å²) >= 11 is 0. The van der Waals surface area contributed by atoms with Gasteiger partial charge in [0.05, 0.1) is 25.3 Å². The largest absolute Gasteiger partial charge is 0.481 e. The quantitative estimate of drug-likeness (QED) is 0.728. The van der Waals surface area contributed by atoms with Crippen molar-refractivity contribution in [2.75, 3.05) is 0 Å². The number of benzene rings is 1. The van der Waals surface area contributed by atoms with Crippen molar-refractivity contribution in [2.24, 2.45) is 0 Å². The lowest BCUT2D eigenvalue weighted by molar-refractivity contribution is -0.138. The second-order valence-electron chi connectivity index (χ2n) is 4.66. The van der Waals surface area contributed by atoms with Crippen LogP contribution < -0.4 is 5.32 Å². The van der Waals surface area contributed by atoms with Crippen molar-refractivity contribution in [3.8, 4) is 0 Å². The number of carbonyl (C=O) groups is 1. The lowest BCUT2D eigenvalue weighted by Crippen LogP contribution is -2.36. The fourth-order valence-electron chi connectivity index (χ4n) is 2.02. The van der Waals surface area contributed by atoms with E-state index in [0.717, 1.165) is 0 Å². The average Bonchev–Trinajstić information content (AvgIpc) is 2.96. The Morgan fingerprint density at radius 3 is 2.57 bits per heavy atom. The number of furan rings is 1. The van der Waals surface area contributed by atoms with E-state index < -0.39 is 23.9 Å². The Kier molecular flexibility index (Phi) is 5.08. The molecule has 5 nitrogen and oxygen atoms in total. The van der Waals surface area contributed by atoms with Crippen LogP contribution in [0.1, 0.15) is 23.8 Å². The summed E-state index contributed by atoms with van der Waals surface area (Å²) in [5, 5.41) is 22.2. The van der Waals surface area contributed by atoms with Gasteiger partial charge in [-0.2, -0.15) is 0 Å². The monoisotopic (exact) mass is 293 g/mol. The Balaban J connectivity index is 2.06. The molecule has 21 heavy (non-hydrogen) atoms. The van der Waals surface area contributed by atoms with Gasteiger partial charge in [-0.25, -0.2) is 4.39 Å². The van der Waals surface area contributed by atoms with Gasteiger partial charge in [0.1, 0.15) is 11.6 Å². The van der Waals surface area contributed by atoms with Gasteiger partial charge in [-0.1, -0.05) is 12.1 Å². The molecular formula is C15H16FNO4. The highest BCUT2D eigenvalue weighted by atomic mass is 19.1. The summed E-state index contributed by atoms with van der Waals surface area (Å²) in [5.74, 6) is -0.811. The van der Waals surface area contributed by atoms with Crippen molar-refractivity contribution in [3.63, 3.8) is 0 Å². The summed E-state index contributed by atoms with van der Waals surface area (Å²) in [6.45, 7) is 0.295. The molecule has 0 aliphatic heterocycles. The normalized spacial score (nSPS) is 13.8. The molecule has 2 unspecified atom stereocenters. The van der Waals surface area contributed by atoms with Crippen molar-refractivity contribution < 1.29 is 23.8 Å². The molecule has 0 fully saturated rings. The minimum Gasteiger partial charge on any atom is -0.481 e. The summed E-state index contributed by atoms with van der Waals surface area (Å²) in [4.78, 5) is 10.9. The van der Waals surface area contributed by atoms with Crippen LogP contribution in [0, 0.1) is 5.82 Å². The number of aliphatic carboxylic acids is 1. The van der Waals surface area contributed by atoms with Gasteiger partial charge in [-0.3, -0.25) is 4.79 Å². The molecule has 2 atom stereocenters. The third-order valence-electron chi connectivity index (χ3n) is 3.11. The Bertz CT molecular complexity index is 568. The third-order valence-corrected chi connectivity index (χ3v) is 3.11. The van der Waals surface area contributed by atoms with Crippen LogP contribution in [-0.4, -0.2) is 22.2 Å². The van der Waals surface area contributed by atoms with E-state index >= 15 is 0 Å². The molecule has 0 saturated heterocycles. The van der Waals surface area contributed by atoms with Crippen LogP contribution in [0.3, 0.4) is 0 Å². The van der Waals surface area contributed by atoms with Gasteiger partial charge in [-0.15, -0.1) is 0 Å². The second kappa shape index (κ2) is 7.01. The Morgan fingerprint density at radius 2 is 2.00 bits per heavy atom. The summed E-state index contributed by atoms with van der Waals surface area (Å²) in [5.41, 5.74) is 0.453. The molecule has 1 aromatic carbocycles. The van der Waals surface area contributed by atoms with Gasteiger partial charge >= 0.3 is 5.97 Å². The number of rotatable bonds is 7. The topological polar surface area (TPSA) is 82.7 Å². The molecule has 0 aliphatic carbocycles. The second-order valence-corrected chi connectivity index (χ2v) is 4.66. The Labute approximate surface area is 121 Å². The first-order chi connectivity index (χ1) is 10.1. The maximum absolute atomic E-state index is 12.9. The zero-order chi connectivity index (χ0) is 15.2. The summed E-state index contributed by atoms with van der Waals surface area (Å²) in [6.07, 6.45) is 0.190. The highest BCUT2D eigenvalue weighted by Gasteiger charge is 2.23. The van der Waals surface area contributed by atoms with Crippen molar-refractivity contribution in [2.45, 2.75) is 25.1 Å². The van der Waals surface area contributed by atoms with E-state index in [1.165, 1.54) is 30.5 Å². The van der Waals surface area contributed by atoms with Gasteiger partial charge < -0.3 is 19.9 Å². The summed E-state index contributed by atoms with van der Waals surface area (Å²) < 4.78 is 18.0. The van der Waals surface area contributed by atoms with Crippen LogP contribution in [0.4, 0.5) is 4.39 Å². The predicted octanol–water partition coefficient (Wildman–Crippen LogP) is 2.09. The van der Waals surface area contributed by atoms with E-state index in [0.29, 0.717) is 17.9 Å². The molecule has 6 heteroatoms. The Hall–Kier alpha value is -2.18. The van der Waals surface area contributed by atoms with Gasteiger partial charge in [0.15, 0.2) is 0 Å². The molecule has 0 radical (unpaired) electrons. The molecule has 0 amide bonds. The van der Waals surface area contributed by atoms with Gasteiger partial charge in [-0.05, 0) is 29.8 Å². The molecule has 2 aromatic rings. The number of carboxylic acid groups (broad SMARTS) is 1. The van der Waals surface area contributed by atoms with E-state index in [-0.39, 0.29) is 6.42 Å². The minimum atomic E-state index is -1.06. The first kappa shape index (κ1) is 15.2. The Morgan fingerprint density at radius 1 is 1.29 bits per heavy atom. The zero-order valence-electron chi connectivity index (χ0n) is 11.2. The third kappa shape index (κ3) is 4.40. The highest BCUT2D eigenvalue weighted by molar-refractivity contribution is 5.67. The number of hydrogen-bond acceptors (Lipinski definition) is 4. The van der Waals surface area contributed by atoms with Crippen molar-refractivity contribution in [3.05, 3.63) is 59.8 Å². The SMILES string of the molecule is O=C(O)CC(NCc1ccco1)C(O)c1ccc(F)cc1. The van der Waals surface area contributed by atoms with Crippen LogP contribution in [-0.2, 0) is 11.3 Å². The number of carboxylic acids is 1. The zero-order valence-corrected chi connectivity index (χ0v) is 11.2. The molecule has 2 rings (SSSR count). The molecule has 0 aliphatic rings. The number of aliphatic hydroxyl groups is 1. The van der Waals surface area contributed by atoms with E-state index in [1.54, 1.807) is 12.1 Å². The maximum atomic E-state index is 12.9. The molecule has 0 saturated carbocycles. The lowest BCUT2D eigenvalue weighted by atomic mass is 9.99. The van der Waals surface area contributed by atoms with Crippen LogP contribution in [0.2, 0.25) is 0 Å².